The van der Waals surface area contributed by atoms with Crippen LogP contribution < -0.4 is 5.32 Å². The van der Waals surface area contributed by atoms with Gasteiger partial charge < -0.3 is 10.2 Å². The molecule has 1 aliphatic carbocycles. The number of carbonyl (C=O) groups excluding carboxylic acids is 1. The summed E-state index contributed by atoms with van der Waals surface area (Å²) in [6.45, 7) is 9.92. The van der Waals surface area contributed by atoms with Gasteiger partial charge in [-0.1, -0.05) is 13.8 Å². The minimum Gasteiger partial charge on any atom is -0.339 e. The second-order valence-corrected chi connectivity index (χ2v) is 5.03. The smallest absolute Gasteiger partial charge is 0.236 e. The van der Waals surface area contributed by atoms with E-state index in [0.717, 1.165) is 19.4 Å². The van der Waals surface area contributed by atoms with Gasteiger partial charge in [-0.2, -0.15) is 0 Å². The molecule has 1 N–H and O–H groups in total. The monoisotopic (exact) mass is 226 g/mol. The average molecular weight is 226 g/mol. The summed E-state index contributed by atoms with van der Waals surface area (Å²) in [4.78, 5) is 14.0. The van der Waals surface area contributed by atoms with Crippen LogP contribution in [0.2, 0.25) is 0 Å². The lowest BCUT2D eigenvalue weighted by Gasteiger charge is -2.30. The number of amides is 1. The van der Waals surface area contributed by atoms with E-state index in [2.05, 4.69) is 33.0 Å². The van der Waals surface area contributed by atoms with Gasteiger partial charge in [-0.25, -0.2) is 0 Å². The third-order valence-electron chi connectivity index (χ3n) is 3.88. The fourth-order valence-corrected chi connectivity index (χ4v) is 1.91. The molecule has 0 bridgehead atoms. The van der Waals surface area contributed by atoms with Crippen molar-refractivity contribution in [3.63, 3.8) is 0 Å². The lowest BCUT2D eigenvalue weighted by atomic mass is 9.96. The van der Waals surface area contributed by atoms with Gasteiger partial charge in [0.1, 0.15) is 0 Å². The summed E-state index contributed by atoms with van der Waals surface area (Å²) in [5.74, 6) is 0.262. The predicted molar refractivity (Wildman–Crippen MR) is 67.4 cm³/mol. The number of likely N-dealkylation sites (N-methyl/N-ethyl adjacent to an activating group) is 1. The van der Waals surface area contributed by atoms with Crippen molar-refractivity contribution in [3.05, 3.63) is 0 Å². The van der Waals surface area contributed by atoms with E-state index in [1.54, 1.807) is 0 Å². The normalized spacial score (nSPS) is 16.2. The summed E-state index contributed by atoms with van der Waals surface area (Å²) in [5, 5.41) is 3.40. The summed E-state index contributed by atoms with van der Waals surface area (Å²) >= 11 is 0. The van der Waals surface area contributed by atoms with Crippen LogP contribution in [0.4, 0.5) is 0 Å². The van der Waals surface area contributed by atoms with Crippen LogP contribution in [0.1, 0.15) is 53.4 Å². The minimum absolute atomic E-state index is 0.110. The maximum atomic E-state index is 12.0. The molecular formula is C13H26N2O. The van der Waals surface area contributed by atoms with Gasteiger partial charge in [0.25, 0.3) is 0 Å². The van der Waals surface area contributed by atoms with Crippen molar-refractivity contribution >= 4 is 5.91 Å². The van der Waals surface area contributed by atoms with E-state index in [1.165, 1.54) is 12.8 Å². The first-order valence-corrected chi connectivity index (χ1v) is 6.60. The SMILES string of the molecule is CCN(C(=O)CNC(C)(CC)CC)C1CC1. The molecule has 0 aliphatic heterocycles. The summed E-state index contributed by atoms with van der Waals surface area (Å²) in [6.07, 6.45) is 4.51. The van der Waals surface area contributed by atoms with Crippen LogP contribution in [0.5, 0.6) is 0 Å². The van der Waals surface area contributed by atoms with Gasteiger partial charge >= 0.3 is 0 Å². The van der Waals surface area contributed by atoms with Crippen LogP contribution in [0.15, 0.2) is 0 Å². The third kappa shape index (κ3) is 3.48. The molecule has 16 heavy (non-hydrogen) atoms. The molecule has 1 aliphatic rings. The third-order valence-corrected chi connectivity index (χ3v) is 3.88. The molecule has 1 amide bonds. The lowest BCUT2D eigenvalue weighted by Crippen LogP contribution is -2.48. The molecule has 1 rings (SSSR count). The molecule has 0 aromatic heterocycles. The summed E-state index contributed by atoms with van der Waals surface area (Å²) in [6, 6.07) is 0.536. The van der Waals surface area contributed by atoms with Crippen molar-refractivity contribution in [2.45, 2.75) is 65.0 Å². The van der Waals surface area contributed by atoms with Crippen molar-refractivity contribution in [3.8, 4) is 0 Å². The zero-order valence-electron chi connectivity index (χ0n) is 11.2. The molecule has 0 saturated heterocycles. The molecule has 0 unspecified atom stereocenters. The Hall–Kier alpha value is -0.570. The highest BCUT2D eigenvalue weighted by molar-refractivity contribution is 5.79. The van der Waals surface area contributed by atoms with Gasteiger partial charge in [0.15, 0.2) is 0 Å². The Bertz CT molecular complexity index is 232. The van der Waals surface area contributed by atoms with Crippen LogP contribution >= 0.6 is 0 Å². The Morgan fingerprint density at radius 2 is 1.88 bits per heavy atom. The number of nitrogens with one attached hydrogen (secondary N) is 1. The van der Waals surface area contributed by atoms with E-state index < -0.39 is 0 Å². The number of hydrogen-bond donors (Lipinski definition) is 1. The van der Waals surface area contributed by atoms with E-state index >= 15 is 0 Å². The van der Waals surface area contributed by atoms with Gasteiger partial charge in [-0.15, -0.1) is 0 Å². The van der Waals surface area contributed by atoms with Gasteiger partial charge in [0.05, 0.1) is 6.54 Å². The highest BCUT2D eigenvalue weighted by Gasteiger charge is 2.31. The molecule has 0 aromatic rings. The second kappa shape index (κ2) is 5.67. The lowest BCUT2D eigenvalue weighted by molar-refractivity contribution is -0.131. The maximum Gasteiger partial charge on any atom is 0.236 e. The van der Waals surface area contributed by atoms with Crippen LogP contribution in [0.25, 0.3) is 0 Å². The van der Waals surface area contributed by atoms with E-state index in [-0.39, 0.29) is 11.4 Å². The maximum absolute atomic E-state index is 12.0. The van der Waals surface area contributed by atoms with Crippen LogP contribution in [-0.2, 0) is 4.79 Å². The highest BCUT2D eigenvalue weighted by atomic mass is 16.2. The first-order chi connectivity index (χ1) is 7.56. The molecule has 0 radical (unpaired) electrons. The highest BCUT2D eigenvalue weighted by Crippen LogP contribution is 2.26. The van der Waals surface area contributed by atoms with Crippen molar-refractivity contribution in [1.82, 2.24) is 10.2 Å². The van der Waals surface area contributed by atoms with Crippen molar-refractivity contribution in [2.24, 2.45) is 0 Å². The number of rotatable bonds is 7. The number of nitrogens with zero attached hydrogens (tertiary/aromatic N) is 1. The zero-order valence-corrected chi connectivity index (χ0v) is 11.2. The molecule has 1 fully saturated rings. The first kappa shape index (κ1) is 13.5. The standard InChI is InChI=1S/C13H26N2O/c1-5-13(4,6-2)14-10-12(16)15(7-3)11-8-9-11/h11,14H,5-10H2,1-4H3. The summed E-state index contributed by atoms with van der Waals surface area (Å²) < 4.78 is 0. The van der Waals surface area contributed by atoms with Gasteiger partial charge in [0, 0.05) is 18.1 Å². The number of hydrogen-bond acceptors (Lipinski definition) is 2. The average Bonchev–Trinajstić information content (AvgIpc) is 3.11. The molecule has 1 saturated carbocycles. The van der Waals surface area contributed by atoms with Gasteiger partial charge in [-0.05, 0) is 39.5 Å². The molecular weight excluding hydrogens is 200 g/mol. The topological polar surface area (TPSA) is 32.3 Å². The Kier molecular flexibility index (Phi) is 4.78. The van der Waals surface area contributed by atoms with Crippen LogP contribution in [0.3, 0.4) is 0 Å². The van der Waals surface area contributed by atoms with E-state index in [0.29, 0.717) is 12.6 Å². The molecule has 3 heteroatoms. The minimum atomic E-state index is 0.110. The molecule has 0 spiro atoms. The molecule has 0 atom stereocenters. The zero-order chi connectivity index (χ0) is 12.2. The summed E-state index contributed by atoms with van der Waals surface area (Å²) in [7, 11) is 0. The summed E-state index contributed by atoms with van der Waals surface area (Å²) in [5.41, 5.74) is 0.110. The van der Waals surface area contributed by atoms with Crippen molar-refractivity contribution in [1.29, 1.82) is 0 Å². The van der Waals surface area contributed by atoms with Crippen molar-refractivity contribution in [2.75, 3.05) is 13.1 Å². The molecule has 0 aromatic carbocycles. The molecule has 3 nitrogen and oxygen atoms in total. The van der Waals surface area contributed by atoms with Gasteiger partial charge in [-0.3, -0.25) is 4.79 Å². The largest absolute Gasteiger partial charge is 0.339 e. The van der Waals surface area contributed by atoms with Gasteiger partial charge in [0.2, 0.25) is 5.91 Å². The first-order valence-electron chi connectivity index (χ1n) is 6.60. The Morgan fingerprint density at radius 1 is 1.31 bits per heavy atom. The Balaban J connectivity index is 2.38. The quantitative estimate of drug-likeness (QED) is 0.721. The molecule has 0 heterocycles. The van der Waals surface area contributed by atoms with Crippen LogP contribution in [-0.4, -0.2) is 35.5 Å². The fraction of sp³-hybridized carbons (Fsp3) is 0.923. The van der Waals surface area contributed by atoms with E-state index in [9.17, 15) is 4.79 Å². The van der Waals surface area contributed by atoms with E-state index in [1.807, 2.05) is 4.90 Å². The Labute approximate surface area is 99.6 Å². The van der Waals surface area contributed by atoms with Crippen molar-refractivity contribution < 1.29 is 4.79 Å². The molecule has 94 valence electrons. The second-order valence-electron chi connectivity index (χ2n) is 5.03. The van der Waals surface area contributed by atoms with Crippen LogP contribution in [0, 0.1) is 0 Å². The number of carbonyl (C=O) groups is 1. The predicted octanol–water partition coefficient (Wildman–Crippen LogP) is 2.17. The fourth-order valence-electron chi connectivity index (χ4n) is 1.91. The van der Waals surface area contributed by atoms with E-state index in [4.69, 9.17) is 0 Å². The Morgan fingerprint density at radius 3 is 2.25 bits per heavy atom.